The van der Waals surface area contributed by atoms with Gasteiger partial charge in [-0.05, 0) is 49.4 Å². The molecule has 5 atom stereocenters. The SMILES string of the molecule is NCCC(=O)NC1CC2CC1C1CCCC21. The Morgan fingerprint density at radius 2 is 2.00 bits per heavy atom. The number of amides is 1. The first-order chi connectivity index (χ1) is 7.79. The van der Waals surface area contributed by atoms with Crippen molar-refractivity contribution in [1.29, 1.82) is 0 Å². The molecule has 0 heterocycles. The fourth-order valence-corrected chi connectivity index (χ4v) is 4.64. The summed E-state index contributed by atoms with van der Waals surface area (Å²) in [6, 6.07) is 0.475. The molecule has 0 spiro atoms. The molecule has 0 aliphatic heterocycles. The lowest BCUT2D eigenvalue weighted by molar-refractivity contribution is -0.122. The van der Waals surface area contributed by atoms with Crippen molar-refractivity contribution in [2.75, 3.05) is 6.54 Å². The van der Waals surface area contributed by atoms with Gasteiger partial charge in [-0.3, -0.25) is 4.79 Å². The van der Waals surface area contributed by atoms with Gasteiger partial charge in [-0.1, -0.05) is 6.42 Å². The summed E-state index contributed by atoms with van der Waals surface area (Å²) in [5.41, 5.74) is 5.40. The summed E-state index contributed by atoms with van der Waals surface area (Å²) < 4.78 is 0. The number of fused-ring (bicyclic) bond motifs is 5. The van der Waals surface area contributed by atoms with Gasteiger partial charge in [0, 0.05) is 19.0 Å². The molecule has 3 aliphatic carbocycles. The largest absolute Gasteiger partial charge is 0.353 e. The van der Waals surface area contributed by atoms with Crippen LogP contribution in [0.1, 0.15) is 38.5 Å². The second-order valence-electron chi connectivity index (χ2n) is 5.87. The molecular weight excluding hydrogens is 200 g/mol. The number of rotatable bonds is 3. The monoisotopic (exact) mass is 222 g/mol. The molecule has 0 saturated heterocycles. The summed E-state index contributed by atoms with van der Waals surface area (Å²) in [7, 11) is 0. The van der Waals surface area contributed by atoms with Crippen molar-refractivity contribution >= 4 is 5.91 Å². The van der Waals surface area contributed by atoms with E-state index in [1.165, 1.54) is 32.1 Å². The fourth-order valence-electron chi connectivity index (χ4n) is 4.64. The van der Waals surface area contributed by atoms with Crippen LogP contribution < -0.4 is 11.1 Å². The number of carbonyl (C=O) groups excluding carboxylic acids is 1. The minimum atomic E-state index is 0.162. The van der Waals surface area contributed by atoms with Gasteiger partial charge in [0.1, 0.15) is 0 Å². The first-order valence-corrected chi connectivity index (χ1v) is 6.79. The minimum absolute atomic E-state index is 0.162. The van der Waals surface area contributed by atoms with Gasteiger partial charge in [0.25, 0.3) is 0 Å². The molecule has 5 unspecified atom stereocenters. The Morgan fingerprint density at radius 1 is 1.19 bits per heavy atom. The van der Waals surface area contributed by atoms with Gasteiger partial charge in [0.15, 0.2) is 0 Å². The van der Waals surface area contributed by atoms with Crippen LogP contribution in [0.4, 0.5) is 0 Å². The van der Waals surface area contributed by atoms with Crippen LogP contribution in [0.15, 0.2) is 0 Å². The molecule has 3 heteroatoms. The topological polar surface area (TPSA) is 55.1 Å². The highest BCUT2D eigenvalue weighted by Crippen LogP contribution is 2.58. The summed E-state index contributed by atoms with van der Waals surface area (Å²) >= 11 is 0. The quantitative estimate of drug-likeness (QED) is 0.755. The lowest BCUT2D eigenvalue weighted by Gasteiger charge is -2.32. The van der Waals surface area contributed by atoms with Crippen molar-refractivity contribution in [1.82, 2.24) is 5.32 Å². The summed E-state index contributed by atoms with van der Waals surface area (Å²) in [6.07, 6.45) is 7.39. The highest BCUT2D eigenvalue weighted by Gasteiger charge is 2.53. The van der Waals surface area contributed by atoms with E-state index < -0.39 is 0 Å². The Labute approximate surface area is 97.2 Å². The first-order valence-electron chi connectivity index (χ1n) is 6.79. The van der Waals surface area contributed by atoms with Crippen LogP contribution >= 0.6 is 0 Å². The molecule has 16 heavy (non-hydrogen) atoms. The number of hydrogen-bond acceptors (Lipinski definition) is 2. The molecule has 3 N–H and O–H groups in total. The van der Waals surface area contributed by atoms with E-state index in [9.17, 15) is 4.79 Å². The second-order valence-corrected chi connectivity index (χ2v) is 5.87. The minimum Gasteiger partial charge on any atom is -0.353 e. The lowest BCUT2D eigenvalue weighted by atomic mass is 9.79. The molecule has 3 aliphatic rings. The van der Waals surface area contributed by atoms with Crippen molar-refractivity contribution < 1.29 is 4.79 Å². The number of nitrogens with one attached hydrogen (secondary N) is 1. The third-order valence-corrected chi connectivity index (χ3v) is 5.15. The first kappa shape index (κ1) is 10.6. The van der Waals surface area contributed by atoms with Crippen LogP contribution in [0.2, 0.25) is 0 Å². The van der Waals surface area contributed by atoms with Gasteiger partial charge >= 0.3 is 0 Å². The summed E-state index contributed by atoms with van der Waals surface area (Å²) in [4.78, 5) is 11.6. The Balaban J connectivity index is 1.61. The zero-order chi connectivity index (χ0) is 11.1. The number of carbonyl (C=O) groups is 1. The van der Waals surface area contributed by atoms with Crippen LogP contribution in [0.5, 0.6) is 0 Å². The average Bonchev–Trinajstić information content (AvgIpc) is 2.86. The van der Waals surface area contributed by atoms with Gasteiger partial charge < -0.3 is 11.1 Å². The summed E-state index contributed by atoms with van der Waals surface area (Å²) in [5, 5.41) is 3.20. The second kappa shape index (κ2) is 4.02. The fraction of sp³-hybridized carbons (Fsp3) is 0.923. The maximum atomic E-state index is 11.6. The van der Waals surface area contributed by atoms with Crippen molar-refractivity contribution in [2.24, 2.45) is 29.4 Å². The van der Waals surface area contributed by atoms with Gasteiger partial charge in [0.2, 0.25) is 5.91 Å². The molecule has 1 amide bonds. The van der Waals surface area contributed by atoms with Crippen molar-refractivity contribution in [3.8, 4) is 0 Å². The van der Waals surface area contributed by atoms with Crippen LogP contribution in [0.3, 0.4) is 0 Å². The smallest absolute Gasteiger partial charge is 0.221 e. The normalized spacial score (nSPS) is 44.7. The zero-order valence-corrected chi connectivity index (χ0v) is 9.82. The van der Waals surface area contributed by atoms with Crippen molar-refractivity contribution in [3.63, 3.8) is 0 Å². The van der Waals surface area contributed by atoms with Gasteiger partial charge in [-0.15, -0.1) is 0 Å². The Kier molecular flexibility index (Phi) is 2.66. The van der Waals surface area contributed by atoms with Crippen molar-refractivity contribution in [3.05, 3.63) is 0 Å². The molecule has 2 bridgehead atoms. The van der Waals surface area contributed by atoms with Crippen LogP contribution in [0, 0.1) is 23.7 Å². The van der Waals surface area contributed by atoms with Gasteiger partial charge in [0.05, 0.1) is 0 Å². The maximum absolute atomic E-state index is 11.6. The molecule has 0 radical (unpaired) electrons. The van der Waals surface area contributed by atoms with E-state index in [4.69, 9.17) is 5.73 Å². The molecule has 3 fully saturated rings. The highest BCUT2D eigenvalue weighted by molar-refractivity contribution is 5.76. The third kappa shape index (κ3) is 1.56. The van der Waals surface area contributed by atoms with E-state index >= 15 is 0 Å². The van der Waals surface area contributed by atoms with Crippen LogP contribution in [0.25, 0.3) is 0 Å². The number of nitrogens with two attached hydrogens (primary N) is 1. The van der Waals surface area contributed by atoms with Gasteiger partial charge in [-0.2, -0.15) is 0 Å². The van der Waals surface area contributed by atoms with Gasteiger partial charge in [-0.25, -0.2) is 0 Å². The van der Waals surface area contributed by atoms with Crippen LogP contribution in [-0.2, 0) is 4.79 Å². The number of hydrogen-bond donors (Lipinski definition) is 2. The molecule has 0 aromatic heterocycles. The molecule has 0 aromatic rings. The highest BCUT2D eigenvalue weighted by atomic mass is 16.1. The summed E-state index contributed by atoms with van der Waals surface area (Å²) in [6.45, 7) is 0.471. The maximum Gasteiger partial charge on any atom is 0.221 e. The predicted octanol–water partition coefficient (Wildman–Crippen LogP) is 1.28. The molecule has 3 nitrogen and oxygen atoms in total. The molecule has 0 aromatic carbocycles. The Morgan fingerprint density at radius 3 is 2.81 bits per heavy atom. The summed E-state index contributed by atoms with van der Waals surface area (Å²) in [5.74, 6) is 3.81. The Bertz CT molecular complexity index is 292. The van der Waals surface area contributed by atoms with Crippen LogP contribution in [-0.4, -0.2) is 18.5 Å². The molecular formula is C13H22N2O. The Hall–Kier alpha value is -0.570. The van der Waals surface area contributed by atoms with E-state index in [1.54, 1.807) is 0 Å². The molecule has 90 valence electrons. The van der Waals surface area contributed by atoms with E-state index in [2.05, 4.69) is 5.32 Å². The third-order valence-electron chi connectivity index (χ3n) is 5.15. The zero-order valence-electron chi connectivity index (χ0n) is 9.82. The van der Waals surface area contributed by atoms with E-state index in [-0.39, 0.29) is 5.91 Å². The standard InChI is InChI=1S/C13H22N2O/c14-5-4-13(16)15-12-7-8-6-11(12)10-3-1-2-9(8)10/h8-12H,1-7,14H2,(H,15,16). The van der Waals surface area contributed by atoms with E-state index in [0.717, 1.165) is 23.7 Å². The van der Waals surface area contributed by atoms with E-state index in [0.29, 0.717) is 19.0 Å². The molecule has 3 saturated carbocycles. The lowest BCUT2D eigenvalue weighted by Crippen LogP contribution is -2.42. The van der Waals surface area contributed by atoms with E-state index in [1.807, 2.05) is 0 Å². The predicted molar refractivity (Wildman–Crippen MR) is 62.6 cm³/mol. The average molecular weight is 222 g/mol. The molecule has 3 rings (SSSR count). The van der Waals surface area contributed by atoms with Crippen molar-refractivity contribution in [2.45, 2.75) is 44.6 Å².